The van der Waals surface area contributed by atoms with Crippen LogP contribution in [0.15, 0.2) is 23.0 Å². The first-order valence-electron chi connectivity index (χ1n) is 4.60. The monoisotopic (exact) mass is 254 g/mol. The van der Waals surface area contributed by atoms with E-state index in [0.717, 1.165) is 4.57 Å². The van der Waals surface area contributed by atoms with Crippen LogP contribution in [0.1, 0.15) is 0 Å². The number of hydrogen-bond acceptors (Lipinski definition) is 4. The van der Waals surface area contributed by atoms with Gasteiger partial charge in [0, 0.05) is 0 Å². The lowest BCUT2D eigenvalue weighted by molar-refractivity contribution is -0.137. The third-order valence-corrected chi connectivity index (χ3v) is 2.50. The molecular weight excluding hydrogens is 248 g/mol. The predicted molar refractivity (Wildman–Crippen MR) is 60.3 cm³/mol. The molecule has 0 fully saturated rings. The second-order valence-electron chi connectivity index (χ2n) is 3.34. The van der Waals surface area contributed by atoms with Gasteiger partial charge in [-0.3, -0.25) is 14.2 Å². The Labute approximate surface area is 99.7 Å². The molecule has 1 aromatic carbocycles. The number of halogens is 1. The molecule has 88 valence electrons. The van der Waals surface area contributed by atoms with Gasteiger partial charge in [0.2, 0.25) is 5.28 Å². The number of fused-ring (bicyclic) bond motifs is 1. The molecule has 7 heteroatoms. The Morgan fingerprint density at radius 2 is 2.18 bits per heavy atom. The van der Waals surface area contributed by atoms with Gasteiger partial charge in [-0.05, 0) is 23.7 Å². The smallest absolute Gasteiger partial charge is 0.323 e. The topological polar surface area (TPSA) is 92.4 Å². The lowest BCUT2D eigenvalue weighted by Gasteiger charge is -2.07. The fourth-order valence-electron chi connectivity index (χ4n) is 1.49. The fraction of sp³-hybridized carbons (Fsp3) is 0.100. The Morgan fingerprint density at radius 3 is 2.82 bits per heavy atom. The summed E-state index contributed by atoms with van der Waals surface area (Å²) in [6.07, 6.45) is 0. The number of nitrogens with zero attached hydrogens (tertiary/aromatic N) is 2. The van der Waals surface area contributed by atoms with Gasteiger partial charge in [0.15, 0.2) is 0 Å². The fourth-order valence-corrected chi connectivity index (χ4v) is 1.72. The summed E-state index contributed by atoms with van der Waals surface area (Å²) in [4.78, 5) is 26.4. The minimum atomic E-state index is -1.22. The maximum atomic E-state index is 11.9. The molecule has 6 nitrogen and oxygen atoms in total. The van der Waals surface area contributed by atoms with E-state index >= 15 is 0 Å². The molecule has 0 bridgehead atoms. The lowest BCUT2D eigenvalue weighted by atomic mass is 10.2. The van der Waals surface area contributed by atoms with Gasteiger partial charge in [0.1, 0.15) is 17.7 Å². The minimum absolute atomic E-state index is 0.0434. The van der Waals surface area contributed by atoms with E-state index in [1.807, 2.05) is 0 Å². The quantitative estimate of drug-likeness (QED) is 0.775. The highest BCUT2D eigenvalue weighted by Gasteiger charge is 2.14. The molecule has 2 rings (SSSR count). The zero-order valence-electron chi connectivity index (χ0n) is 8.42. The highest BCUT2D eigenvalue weighted by Crippen LogP contribution is 2.20. The van der Waals surface area contributed by atoms with Crippen molar-refractivity contribution in [3.8, 4) is 5.75 Å². The van der Waals surface area contributed by atoms with Crippen molar-refractivity contribution in [3.63, 3.8) is 0 Å². The van der Waals surface area contributed by atoms with Crippen molar-refractivity contribution in [2.45, 2.75) is 6.54 Å². The molecule has 0 unspecified atom stereocenters. The Bertz CT molecular complexity index is 665. The van der Waals surface area contributed by atoms with Gasteiger partial charge >= 0.3 is 5.97 Å². The molecule has 0 atom stereocenters. The van der Waals surface area contributed by atoms with Crippen LogP contribution in [-0.2, 0) is 11.3 Å². The highest BCUT2D eigenvalue weighted by molar-refractivity contribution is 6.28. The first-order valence-corrected chi connectivity index (χ1v) is 4.98. The van der Waals surface area contributed by atoms with Crippen LogP contribution in [0, 0.1) is 0 Å². The molecule has 0 amide bonds. The zero-order chi connectivity index (χ0) is 12.6. The number of benzene rings is 1. The Kier molecular flexibility index (Phi) is 2.72. The first-order chi connectivity index (χ1) is 8.00. The highest BCUT2D eigenvalue weighted by atomic mass is 35.5. The van der Waals surface area contributed by atoms with Crippen molar-refractivity contribution in [2.75, 3.05) is 0 Å². The molecule has 1 heterocycles. The molecule has 0 spiro atoms. The molecule has 17 heavy (non-hydrogen) atoms. The van der Waals surface area contributed by atoms with Crippen LogP contribution >= 0.6 is 11.6 Å². The average molecular weight is 255 g/mol. The summed E-state index contributed by atoms with van der Waals surface area (Å²) in [6, 6.07) is 4.35. The number of aromatic hydroxyl groups is 1. The normalized spacial score (nSPS) is 10.6. The molecule has 0 aliphatic carbocycles. The molecular formula is C10H7ClN2O4. The van der Waals surface area contributed by atoms with Crippen molar-refractivity contribution in [2.24, 2.45) is 0 Å². The molecule has 0 saturated heterocycles. The van der Waals surface area contributed by atoms with Gasteiger partial charge in [-0.2, -0.15) is 0 Å². The van der Waals surface area contributed by atoms with Gasteiger partial charge in [0.05, 0.1) is 5.52 Å². The minimum Gasteiger partial charge on any atom is -0.507 e. The summed E-state index contributed by atoms with van der Waals surface area (Å²) in [5.74, 6) is -1.47. The molecule has 0 aliphatic rings. The van der Waals surface area contributed by atoms with E-state index in [1.165, 1.54) is 18.2 Å². The Hall–Kier alpha value is -2.08. The van der Waals surface area contributed by atoms with Gasteiger partial charge < -0.3 is 10.2 Å². The summed E-state index contributed by atoms with van der Waals surface area (Å²) < 4.78 is 0.784. The second kappa shape index (κ2) is 4.06. The number of phenolic OH excluding ortho intramolecular Hbond substituents is 1. The van der Waals surface area contributed by atoms with Gasteiger partial charge in [-0.25, -0.2) is 4.98 Å². The van der Waals surface area contributed by atoms with Crippen LogP contribution in [0.4, 0.5) is 0 Å². The predicted octanol–water partition coefficient (Wildman–Crippen LogP) is 0.840. The van der Waals surface area contributed by atoms with Crippen molar-refractivity contribution in [1.29, 1.82) is 0 Å². The lowest BCUT2D eigenvalue weighted by Crippen LogP contribution is -2.25. The van der Waals surface area contributed by atoms with Crippen molar-refractivity contribution >= 4 is 28.5 Å². The van der Waals surface area contributed by atoms with Crippen LogP contribution in [-0.4, -0.2) is 25.7 Å². The molecule has 0 radical (unpaired) electrons. The summed E-state index contributed by atoms with van der Waals surface area (Å²) in [5, 5.41) is 17.9. The number of aliphatic carboxylic acids is 1. The standard InChI is InChI=1S/C10H7ClN2O4/c11-10-12-5-2-1-3-6(14)8(5)9(17)13(10)4-7(15)16/h1-3,14H,4H2,(H,15,16). The summed E-state index contributed by atoms with van der Waals surface area (Å²) in [7, 11) is 0. The van der Waals surface area contributed by atoms with Crippen LogP contribution in [0.2, 0.25) is 5.28 Å². The summed E-state index contributed by atoms with van der Waals surface area (Å²) in [6.45, 7) is -0.602. The SMILES string of the molecule is O=C(O)Cn1c(Cl)nc2cccc(O)c2c1=O. The largest absolute Gasteiger partial charge is 0.507 e. The van der Waals surface area contributed by atoms with E-state index in [2.05, 4.69) is 4.98 Å². The number of carboxylic acids is 1. The van der Waals surface area contributed by atoms with Crippen molar-refractivity contribution in [1.82, 2.24) is 9.55 Å². The van der Waals surface area contributed by atoms with E-state index in [0.29, 0.717) is 0 Å². The van der Waals surface area contributed by atoms with E-state index in [1.54, 1.807) is 0 Å². The van der Waals surface area contributed by atoms with Crippen molar-refractivity contribution in [3.05, 3.63) is 33.8 Å². The first kappa shape index (κ1) is 11.4. The summed E-state index contributed by atoms with van der Waals surface area (Å²) in [5.41, 5.74) is -0.456. The number of carboxylic acid groups (broad SMARTS) is 1. The van der Waals surface area contributed by atoms with Crippen LogP contribution in [0.3, 0.4) is 0 Å². The molecule has 2 aromatic rings. The number of carbonyl (C=O) groups is 1. The Balaban J connectivity index is 2.83. The third-order valence-electron chi connectivity index (χ3n) is 2.21. The van der Waals surface area contributed by atoms with E-state index in [-0.39, 0.29) is 21.9 Å². The second-order valence-corrected chi connectivity index (χ2v) is 3.68. The van der Waals surface area contributed by atoms with E-state index in [9.17, 15) is 14.7 Å². The average Bonchev–Trinajstić information content (AvgIpc) is 2.23. The van der Waals surface area contributed by atoms with Crippen LogP contribution in [0.25, 0.3) is 10.9 Å². The third kappa shape index (κ3) is 1.94. The van der Waals surface area contributed by atoms with E-state index < -0.39 is 18.1 Å². The Morgan fingerprint density at radius 1 is 1.47 bits per heavy atom. The van der Waals surface area contributed by atoms with Crippen molar-refractivity contribution < 1.29 is 15.0 Å². The molecule has 0 saturated carbocycles. The van der Waals surface area contributed by atoms with Gasteiger partial charge in [0.25, 0.3) is 5.56 Å². The van der Waals surface area contributed by atoms with Crippen LogP contribution in [0.5, 0.6) is 5.75 Å². The molecule has 0 aliphatic heterocycles. The zero-order valence-corrected chi connectivity index (χ0v) is 9.18. The van der Waals surface area contributed by atoms with Crippen LogP contribution < -0.4 is 5.56 Å². The maximum absolute atomic E-state index is 11.9. The van der Waals surface area contributed by atoms with Gasteiger partial charge in [-0.15, -0.1) is 0 Å². The maximum Gasteiger partial charge on any atom is 0.323 e. The number of phenols is 1. The number of hydrogen-bond donors (Lipinski definition) is 2. The molecule has 2 N–H and O–H groups in total. The number of rotatable bonds is 2. The molecule has 1 aromatic heterocycles. The summed E-state index contributed by atoms with van der Waals surface area (Å²) >= 11 is 5.71. The number of aromatic nitrogens is 2. The van der Waals surface area contributed by atoms with E-state index in [4.69, 9.17) is 16.7 Å². The van der Waals surface area contributed by atoms with Gasteiger partial charge in [-0.1, -0.05) is 6.07 Å².